The molecule has 76 valence electrons. The van der Waals surface area contributed by atoms with Gasteiger partial charge in [0.15, 0.2) is 5.78 Å². The van der Waals surface area contributed by atoms with Crippen LogP contribution in [0.15, 0.2) is 24.3 Å². The molecule has 4 heteroatoms. The summed E-state index contributed by atoms with van der Waals surface area (Å²) in [6.07, 6.45) is -2.51. The minimum Gasteiger partial charge on any atom is -0.321 e. The van der Waals surface area contributed by atoms with Crippen molar-refractivity contribution in [3.8, 4) is 0 Å². The first-order chi connectivity index (χ1) is 6.52. The van der Waals surface area contributed by atoms with Gasteiger partial charge in [0.1, 0.15) is 0 Å². The normalized spacial score (nSPS) is 12.9. The largest absolute Gasteiger partial charge is 0.321 e. The van der Waals surface area contributed by atoms with Crippen LogP contribution < -0.4 is 5.73 Å². The van der Waals surface area contributed by atoms with Gasteiger partial charge in [0.2, 0.25) is 0 Å². The lowest BCUT2D eigenvalue weighted by atomic mass is 10.0. The number of halogens is 2. The van der Waals surface area contributed by atoms with E-state index in [1.165, 1.54) is 24.3 Å². The number of ketones is 1. The van der Waals surface area contributed by atoms with Crippen molar-refractivity contribution in [3.05, 3.63) is 35.4 Å². The van der Waals surface area contributed by atoms with Crippen molar-refractivity contribution in [2.75, 3.05) is 0 Å². The first kappa shape index (κ1) is 10.8. The third-order valence-electron chi connectivity index (χ3n) is 1.86. The Labute approximate surface area is 80.7 Å². The molecule has 2 N–H and O–H groups in total. The number of Topliss-reactive ketones (excluding diaryl/α,β-unsaturated/α-hetero) is 1. The lowest BCUT2D eigenvalue weighted by Gasteiger charge is -2.05. The van der Waals surface area contributed by atoms with E-state index in [0.29, 0.717) is 5.56 Å². The average Bonchev–Trinajstić information content (AvgIpc) is 2.16. The monoisotopic (exact) mass is 199 g/mol. The van der Waals surface area contributed by atoms with E-state index >= 15 is 0 Å². The molecule has 14 heavy (non-hydrogen) atoms. The smallest absolute Gasteiger partial charge is 0.263 e. The Morgan fingerprint density at radius 1 is 1.29 bits per heavy atom. The highest BCUT2D eigenvalue weighted by molar-refractivity contribution is 5.99. The SMILES string of the molecule is CC(N)C(=O)c1ccc(C(F)F)cc1. The zero-order chi connectivity index (χ0) is 10.7. The van der Waals surface area contributed by atoms with Crippen LogP contribution in [0.3, 0.4) is 0 Å². The van der Waals surface area contributed by atoms with Gasteiger partial charge < -0.3 is 5.73 Å². The molecule has 1 aromatic rings. The molecular weight excluding hydrogens is 188 g/mol. The molecule has 0 saturated carbocycles. The van der Waals surface area contributed by atoms with Crippen LogP contribution in [0.1, 0.15) is 29.3 Å². The molecule has 0 aromatic heterocycles. The first-order valence-electron chi connectivity index (χ1n) is 4.20. The minimum atomic E-state index is -2.51. The van der Waals surface area contributed by atoms with Gasteiger partial charge in [-0.3, -0.25) is 4.79 Å². The topological polar surface area (TPSA) is 43.1 Å². The molecule has 1 atom stereocenters. The fourth-order valence-electron chi connectivity index (χ4n) is 1.06. The number of hydrogen-bond donors (Lipinski definition) is 1. The second-order valence-corrected chi connectivity index (χ2v) is 3.08. The molecule has 1 rings (SSSR count). The fourth-order valence-corrected chi connectivity index (χ4v) is 1.06. The number of nitrogens with two attached hydrogens (primary N) is 1. The van der Waals surface area contributed by atoms with Crippen LogP contribution in [0.2, 0.25) is 0 Å². The van der Waals surface area contributed by atoms with Gasteiger partial charge in [-0.05, 0) is 6.92 Å². The summed E-state index contributed by atoms with van der Waals surface area (Å²) in [4.78, 5) is 11.3. The van der Waals surface area contributed by atoms with Crippen LogP contribution in [-0.4, -0.2) is 11.8 Å². The highest BCUT2D eigenvalue weighted by Crippen LogP contribution is 2.18. The van der Waals surface area contributed by atoms with Crippen molar-refractivity contribution in [2.45, 2.75) is 19.4 Å². The predicted octanol–water partition coefficient (Wildman–Crippen LogP) is 2.15. The number of carbonyl (C=O) groups is 1. The van der Waals surface area contributed by atoms with E-state index in [2.05, 4.69) is 0 Å². The molecular formula is C10H11F2NO. The number of hydrogen-bond acceptors (Lipinski definition) is 2. The molecule has 0 saturated heterocycles. The number of alkyl halides is 2. The zero-order valence-electron chi connectivity index (χ0n) is 7.71. The van der Waals surface area contributed by atoms with Crippen LogP contribution in [-0.2, 0) is 0 Å². The van der Waals surface area contributed by atoms with Crippen molar-refractivity contribution >= 4 is 5.78 Å². The van der Waals surface area contributed by atoms with Gasteiger partial charge in [-0.15, -0.1) is 0 Å². The van der Waals surface area contributed by atoms with E-state index in [0.717, 1.165) is 0 Å². The van der Waals surface area contributed by atoms with Gasteiger partial charge in [-0.2, -0.15) is 0 Å². The fraction of sp³-hybridized carbons (Fsp3) is 0.300. The summed E-state index contributed by atoms with van der Waals surface area (Å²) in [7, 11) is 0. The van der Waals surface area contributed by atoms with Crippen LogP contribution in [0.25, 0.3) is 0 Å². The first-order valence-corrected chi connectivity index (χ1v) is 4.20. The number of rotatable bonds is 3. The molecule has 0 aliphatic heterocycles. The lowest BCUT2D eigenvalue weighted by Crippen LogP contribution is -2.26. The Kier molecular flexibility index (Phi) is 3.30. The Hall–Kier alpha value is -1.29. The van der Waals surface area contributed by atoms with Gasteiger partial charge in [0, 0.05) is 11.1 Å². The Morgan fingerprint density at radius 2 is 1.79 bits per heavy atom. The predicted molar refractivity (Wildman–Crippen MR) is 49.4 cm³/mol. The summed E-state index contributed by atoms with van der Waals surface area (Å²) in [6, 6.07) is 4.61. The van der Waals surface area contributed by atoms with Crippen molar-refractivity contribution in [1.29, 1.82) is 0 Å². The summed E-state index contributed by atoms with van der Waals surface area (Å²) in [6.45, 7) is 1.56. The highest BCUT2D eigenvalue weighted by atomic mass is 19.3. The summed E-state index contributed by atoms with van der Waals surface area (Å²) in [5, 5.41) is 0. The molecule has 0 heterocycles. The van der Waals surface area contributed by atoms with E-state index in [-0.39, 0.29) is 11.3 Å². The number of carbonyl (C=O) groups excluding carboxylic acids is 1. The summed E-state index contributed by atoms with van der Waals surface area (Å²) in [5.41, 5.74) is 5.64. The summed E-state index contributed by atoms with van der Waals surface area (Å²) in [5.74, 6) is -0.245. The Bertz CT molecular complexity index is 319. The van der Waals surface area contributed by atoms with E-state index < -0.39 is 12.5 Å². The van der Waals surface area contributed by atoms with E-state index in [4.69, 9.17) is 5.73 Å². The third-order valence-corrected chi connectivity index (χ3v) is 1.86. The molecule has 1 unspecified atom stereocenters. The zero-order valence-corrected chi connectivity index (χ0v) is 7.71. The van der Waals surface area contributed by atoms with Gasteiger partial charge >= 0.3 is 0 Å². The molecule has 0 bridgehead atoms. The second kappa shape index (κ2) is 4.28. The molecule has 0 radical (unpaired) electrons. The van der Waals surface area contributed by atoms with Crippen LogP contribution in [0.4, 0.5) is 8.78 Å². The maximum absolute atomic E-state index is 12.1. The van der Waals surface area contributed by atoms with E-state index in [9.17, 15) is 13.6 Å². The summed E-state index contributed by atoms with van der Waals surface area (Å²) < 4.78 is 24.3. The van der Waals surface area contributed by atoms with Crippen molar-refractivity contribution in [2.24, 2.45) is 5.73 Å². The highest BCUT2D eigenvalue weighted by Gasteiger charge is 2.12. The molecule has 1 aromatic carbocycles. The third kappa shape index (κ3) is 2.35. The van der Waals surface area contributed by atoms with Gasteiger partial charge in [-0.25, -0.2) is 8.78 Å². The molecule has 0 aliphatic carbocycles. The maximum atomic E-state index is 12.1. The molecule has 0 fully saturated rings. The van der Waals surface area contributed by atoms with Gasteiger partial charge in [0.05, 0.1) is 6.04 Å². The average molecular weight is 199 g/mol. The maximum Gasteiger partial charge on any atom is 0.263 e. The van der Waals surface area contributed by atoms with Gasteiger partial charge in [0.25, 0.3) is 6.43 Å². The molecule has 0 amide bonds. The van der Waals surface area contributed by atoms with E-state index in [1.54, 1.807) is 6.92 Å². The quantitative estimate of drug-likeness (QED) is 0.758. The van der Waals surface area contributed by atoms with Crippen LogP contribution in [0.5, 0.6) is 0 Å². The lowest BCUT2D eigenvalue weighted by molar-refractivity contribution is 0.0967. The van der Waals surface area contributed by atoms with Crippen molar-refractivity contribution in [1.82, 2.24) is 0 Å². The Balaban J connectivity index is 2.89. The standard InChI is InChI=1S/C10H11F2NO/c1-6(13)9(14)7-2-4-8(5-3-7)10(11)12/h2-6,10H,13H2,1H3. The van der Waals surface area contributed by atoms with Gasteiger partial charge in [-0.1, -0.05) is 24.3 Å². The van der Waals surface area contributed by atoms with E-state index in [1.807, 2.05) is 0 Å². The number of benzene rings is 1. The van der Waals surface area contributed by atoms with Crippen LogP contribution >= 0.6 is 0 Å². The minimum absolute atomic E-state index is 0.0915. The second-order valence-electron chi connectivity index (χ2n) is 3.08. The Morgan fingerprint density at radius 3 is 2.14 bits per heavy atom. The molecule has 0 aliphatic rings. The van der Waals surface area contributed by atoms with Crippen molar-refractivity contribution in [3.63, 3.8) is 0 Å². The summed E-state index contributed by atoms with van der Waals surface area (Å²) >= 11 is 0. The van der Waals surface area contributed by atoms with Crippen LogP contribution in [0, 0.1) is 0 Å². The van der Waals surface area contributed by atoms with Crippen molar-refractivity contribution < 1.29 is 13.6 Å². The molecule has 0 spiro atoms. The molecule has 2 nitrogen and oxygen atoms in total.